The number of pyridine rings is 1. The second-order valence-electron chi connectivity index (χ2n) is 5.33. The molecule has 19 heavy (non-hydrogen) atoms. The molecule has 1 aliphatic rings. The van der Waals surface area contributed by atoms with Crippen molar-refractivity contribution < 1.29 is 4.92 Å². The first kappa shape index (κ1) is 11.9. The van der Waals surface area contributed by atoms with E-state index in [1.165, 1.54) is 6.42 Å². The lowest BCUT2D eigenvalue weighted by molar-refractivity contribution is -0.382. The maximum atomic E-state index is 11.4. The van der Waals surface area contributed by atoms with Crippen LogP contribution in [0.5, 0.6) is 0 Å². The highest BCUT2D eigenvalue weighted by molar-refractivity contribution is 5.94. The number of benzene rings is 1. The van der Waals surface area contributed by atoms with Gasteiger partial charge in [0.05, 0.1) is 15.8 Å². The number of hydrogen-bond acceptors (Lipinski definition) is 4. The van der Waals surface area contributed by atoms with E-state index in [9.17, 15) is 10.1 Å². The standard InChI is InChI=1S/C14H15N3O2/c1-14(7-3-8-14)16-12-6-5-11-10(4-2-9-15-11)13(12)17(18)19/h2,4-6,9,16H,3,7-8H2,1H3. The number of nitrogens with zero attached hydrogens (tertiary/aromatic N) is 2. The molecule has 1 heterocycles. The van der Waals surface area contributed by atoms with Gasteiger partial charge in [-0.25, -0.2) is 0 Å². The van der Waals surface area contributed by atoms with Gasteiger partial charge in [-0.3, -0.25) is 15.1 Å². The Morgan fingerprint density at radius 2 is 2.16 bits per heavy atom. The first-order valence-electron chi connectivity index (χ1n) is 6.39. The second kappa shape index (κ2) is 4.19. The van der Waals surface area contributed by atoms with Gasteiger partial charge in [0.15, 0.2) is 0 Å². The molecule has 0 saturated heterocycles. The summed E-state index contributed by atoms with van der Waals surface area (Å²) in [5, 5.41) is 15.3. The molecule has 5 heteroatoms. The van der Waals surface area contributed by atoms with Crippen molar-refractivity contribution >= 4 is 22.3 Å². The fourth-order valence-electron chi connectivity index (χ4n) is 2.59. The molecule has 3 rings (SSSR count). The highest BCUT2D eigenvalue weighted by atomic mass is 16.6. The molecule has 0 spiro atoms. The van der Waals surface area contributed by atoms with E-state index in [0.29, 0.717) is 16.6 Å². The van der Waals surface area contributed by atoms with Gasteiger partial charge in [0.25, 0.3) is 0 Å². The number of nitrogens with one attached hydrogen (secondary N) is 1. The molecule has 1 aromatic heterocycles. The largest absolute Gasteiger partial charge is 0.374 e. The summed E-state index contributed by atoms with van der Waals surface area (Å²) in [6.45, 7) is 2.10. The van der Waals surface area contributed by atoms with Crippen LogP contribution in [0.1, 0.15) is 26.2 Å². The molecule has 0 aliphatic heterocycles. The van der Waals surface area contributed by atoms with Crippen molar-refractivity contribution in [2.24, 2.45) is 0 Å². The Kier molecular flexibility index (Phi) is 2.62. The smallest absolute Gasteiger partial charge is 0.301 e. The number of anilines is 1. The Morgan fingerprint density at radius 1 is 1.37 bits per heavy atom. The summed E-state index contributed by atoms with van der Waals surface area (Å²) in [5.74, 6) is 0. The Bertz CT molecular complexity index is 650. The number of aromatic nitrogens is 1. The Hall–Kier alpha value is -2.17. The topological polar surface area (TPSA) is 68.1 Å². The zero-order chi connectivity index (χ0) is 13.5. The lowest BCUT2D eigenvalue weighted by Crippen LogP contribution is -2.41. The highest BCUT2D eigenvalue weighted by Gasteiger charge is 2.33. The van der Waals surface area contributed by atoms with Gasteiger partial charge in [-0.1, -0.05) is 0 Å². The van der Waals surface area contributed by atoms with Gasteiger partial charge in [0.1, 0.15) is 5.69 Å². The summed E-state index contributed by atoms with van der Waals surface area (Å²) in [6.07, 6.45) is 4.92. The number of nitro groups is 1. The van der Waals surface area contributed by atoms with Crippen LogP contribution in [0.3, 0.4) is 0 Å². The third-order valence-electron chi connectivity index (χ3n) is 3.83. The van der Waals surface area contributed by atoms with Crippen LogP contribution in [-0.4, -0.2) is 15.4 Å². The minimum absolute atomic E-state index is 0.0132. The molecular weight excluding hydrogens is 242 g/mol. The van der Waals surface area contributed by atoms with Crippen molar-refractivity contribution in [1.29, 1.82) is 0 Å². The molecule has 0 unspecified atom stereocenters. The van der Waals surface area contributed by atoms with E-state index in [1.54, 1.807) is 24.4 Å². The molecule has 1 aliphatic carbocycles. The number of nitro benzene ring substituents is 1. The Balaban J connectivity index is 2.13. The molecule has 2 aromatic rings. The highest BCUT2D eigenvalue weighted by Crippen LogP contribution is 2.39. The van der Waals surface area contributed by atoms with Gasteiger partial charge in [-0.2, -0.15) is 0 Å². The van der Waals surface area contributed by atoms with Crippen LogP contribution < -0.4 is 5.32 Å². The van der Waals surface area contributed by atoms with Gasteiger partial charge in [-0.05, 0) is 50.5 Å². The van der Waals surface area contributed by atoms with Crippen molar-refractivity contribution in [2.75, 3.05) is 5.32 Å². The van der Waals surface area contributed by atoms with Crippen LogP contribution >= 0.6 is 0 Å². The van der Waals surface area contributed by atoms with E-state index in [-0.39, 0.29) is 16.1 Å². The van der Waals surface area contributed by atoms with Crippen LogP contribution in [0.4, 0.5) is 11.4 Å². The third kappa shape index (κ3) is 2.01. The van der Waals surface area contributed by atoms with Crippen molar-refractivity contribution in [3.8, 4) is 0 Å². The van der Waals surface area contributed by atoms with E-state index < -0.39 is 0 Å². The van der Waals surface area contributed by atoms with Crippen LogP contribution in [0.2, 0.25) is 0 Å². The van der Waals surface area contributed by atoms with E-state index in [2.05, 4.69) is 17.2 Å². The van der Waals surface area contributed by atoms with Gasteiger partial charge < -0.3 is 5.32 Å². The zero-order valence-electron chi connectivity index (χ0n) is 10.7. The number of rotatable bonds is 3. The third-order valence-corrected chi connectivity index (χ3v) is 3.83. The molecule has 1 N–H and O–H groups in total. The molecule has 0 radical (unpaired) electrons. The van der Waals surface area contributed by atoms with Crippen LogP contribution in [0, 0.1) is 10.1 Å². The molecule has 1 fully saturated rings. The van der Waals surface area contributed by atoms with E-state index >= 15 is 0 Å². The summed E-state index contributed by atoms with van der Waals surface area (Å²) in [5.41, 5.74) is 1.35. The minimum atomic E-state index is -0.325. The summed E-state index contributed by atoms with van der Waals surface area (Å²) in [4.78, 5) is 15.2. The number of fused-ring (bicyclic) bond motifs is 1. The van der Waals surface area contributed by atoms with Crippen LogP contribution in [0.15, 0.2) is 30.5 Å². The SMILES string of the molecule is CC1(Nc2ccc3ncccc3c2[N+](=O)[O-])CCC1. The molecule has 1 saturated carbocycles. The van der Waals surface area contributed by atoms with Gasteiger partial charge in [-0.15, -0.1) is 0 Å². The second-order valence-corrected chi connectivity index (χ2v) is 5.33. The summed E-state index contributed by atoms with van der Waals surface area (Å²) >= 11 is 0. The van der Waals surface area contributed by atoms with Gasteiger partial charge >= 0.3 is 5.69 Å². The molecule has 98 valence electrons. The first-order valence-corrected chi connectivity index (χ1v) is 6.39. The monoisotopic (exact) mass is 257 g/mol. The molecule has 5 nitrogen and oxygen atoms in total. The molecule has 0 amide bonds. The fourth-order valence-corrected chi connectivity index (χ4v) is 2.59. The average molecular weight is 257 g/mol. The van der Waals surface area contributed by atoms with Crippen molar-refractivity contribution in [3.05, 3.63) is 40.6 Å². The maximum Gasteiger partial charge on any atom is 0.301 e. The van der Waals surface area contributed by atoms with Crippen molar-refractivity contribution in [1.82, 2.24) is 4.98 Å². The van der Waals surface area contributed by atoms with Crippen molar-refractivity contribution in [3.63, 3.8) is 0 Å². The number of hydrogen-bond donors (Lipinski definition) is 1. The predicted molar refractivity (Wildman–Crippen MR) is 74.3 cm³/mol. The van der Waals surface area contributed by atoms with Crippen molar-refractivity contribution in [2.45, 2.75) is 31.7 Å². The minimum Gasteiger partial charge on any atom is -0.374 e. The maximum absolute atomic E-state index is 11.4. The Labute approximate surface area is 110 Å². The van der Waals surface area contributed by atoms with Crippen LogP contribution in [0.25, 0.3) is 10.9 Å². The first-order chi connectivity index (χ1) is 9.09. The van der Waals surface area contributed by atoms with Crippen LogP contribution in [-0.2, 0) is 0 Å². The lowest BCUT2D eigenvalue weighted by Gasteiger charge is -2.39. The lowest BCUT2D eigenvalue weighted by atomic mass is 9.78. The summed E-state index contributed by atoms with van der Waals surface area (Å²) in [6, 6.07) is 7.06. The average Bonchev–Trinajstić information content (AvgIpc) is 2.36. The fraction of sp³-hybridized carbons (Fsp3) is 0.357. The molecule has 1 aromatic carbocycles. The zero-order valence-corrected chi connectivity index (χ0v) is 10.7. The normalized spacial score (nSPS) is 16.9. The van der Waals surface area contributed by atoms with Gasteiger partial charge in [0.2, 0.25) is 0 Å². The van der Waals surface area contributed by atoms with Gasteiger partial charge in [0, 0.05) is 11.7 Å². The Morgan fingerprint density at radius 3 is 2.79 bits per heavy atom. The molecule has 0 atom stereocenters. The van der Waals surface area contributed by atoms with E-state index in [1.807, 2.05) is 6.07 Å². The predicted octanol–water partition coefficient (Wildman–Crippen LogP) is 3.50. The molecular formula is C14H15N3O2. The summed E-state index contributed by atoms with van der Waals surface area (Å²) < 4.78 is 0. The van der Waals surface area contributed by atoms with E-state index in [0.717, 1.165) is 12.8 Å². The van der Waals surface area contributed by atoms with E-state index in [4.69, 9.17) is 0 Å². The quantitative estimate of drug-likeness (QED) is 0.675. The molecule has 0 bridgehead atoms. The summed E-state index contributed by atoms with van der Waals surface area (Å²) in [7, 11) is 0.